The van der Waals surface area contributed by atoms with Crippen molar-refractivity contribution in [1.82, 2.24) is 15.8 Å². The maximum Gasteiger partial charge on any atom is 0.273 e. The molecule has 1 aliphatic rings. The molecule has 2 heterocycles. The minimum Gasteiger partial charge on any atom is -0.469 e. The maximum absolute atomic E-state index is 12.1. The Morgan fingerprint density at radius 2 is 1.84 bits per heavy atom. The second-order valence-corrected chi connectivity index (χ2v) is 5.91. The molecule has 1 fully saturated rings. The number of hydrogen-bond donors (Lipinski definition) is 2. The SMILES string of the molecule is Cc1occc1C(=O)NNC(=O)c1ccc(CN2CCCC2=O)cc1. The summed E-state index contributed by atoms with van der Waals surface area (Å²) in [5, 5.41) is 0. The highest BCUT2D eigenvalue weighted by Gasteiger charge is 2.20. The summed E-state index contributed by atoms with van der Waals surface area (Å²) < 4.78 is 5.05. The molecule has 0 aliphatic carbocycles. The molecule has 3 rings (SSSR count). The van der Waals surface area contributed by atoms with Crippen molar-refractivity contribution < 1.29 is 18.8 Å². The number of hydrogen-bond acceptors (Lipinski definition) is 4. The highest BCUT2D eigenvalue weighted by molar-refractivity contribution is 5.99. The summed E-state index contributed by atoms with van der Waals surface area (Å²) in [7, 11) is 0. The van der Waals surface area contributed by atoms with E-state index in [1.165, 1.54) is 12.3 Å². The fourth-order valence-corrected chi connectivity index (χ4v) is 2.73. The number of benzene rings is 1. The van der Waals surface area contributed by atoms with Gasteiger partial charge in [0.2, 0.25) is 5.91 Å². The number of hydrazine groups is 1. The van der Waals surface area contributed by atoms with E-state index < -0.39 is 11.8 Å². The number of aryl methyl sites for hydroxylation is 1. The van der Waals surface area contributed by atoms with Gasteiger partial charge in [-0.3, -0.25) is 25.2 Å². The van der Waals surface area contributed by atoms with Gasteiger partial charge < -0.3 is 9.32 Å². The summed E-state index contributed by atoms with van der Waals surface area (Å²) in [4.78, 5) is 37.5. The average Bonchev–Trinajstić information content (AvgIpc) is 3.22. The molecule has 1 aromatic carbocycles. The molecule has 1 aliphatic heterocycles. The molecule has 3 amide bonds. The molecular formula is C18H19N3O4. The topological polar surface area (TPSA) is 91.7 Å². The van der Waals surface area contributed by atoms with E-state index in [1.54, 1.807) is 19.1 Å². The van der Waals surface area contributed by atoms with Crippen molar-refractivity contribution in [3.05, 3.63) is 59.0 Å². The number of nitrogens with zero attached hydrogens (tertiary/aromatic N) is 1. The number of likely N-dealkylation sites (tertiary alicyclic amines) is 1. The molecule has 0 atom stereocenters. The van der Waals surface area contributed by atoms with Gasteiger partial charge in [-0.05, 0) is 37.1 Å². The molecule has 0 spiro atoms. The Bertz CT molecular complexity index is 795. The Hall–Kier alpha value is -3.09. The zero-order chi connectivity index (χ0) is 17.8. The van der Waals surface area contributed by atoms with Gasteiger partial charge in [-0.2, -0.15) is 0 Å². The normalized spacial score (nSPS) is 13.8. The summed E-state index contributed by atoms with van der Waals surface area (Å²) in [6.07, 6.45) is 2.92. The monoisotopic (exact) mass is 341 g/mol. The van der Waals surface area contributed by atoms with Crippen LogP contribution in [0.4, 0.5) is 0 Å². The van der Waals surface area contributed by atoms with Crippen LogP contribution in [-0.2, 0) is 11.3 Å². The van der Waals surface area contributed by atoms with E-state index in [1.807, 2.05) is 17.0 Å². The van der Waals surface area contributed by atoms with Crippen molar-refractivity contribution >= 4 is 17.7 Å². The van der Waals surface area contributed by atoms with Crippen molar-refractivity contribution in [3.8, 4) is 0 Å². The van der Waals surface area contributed by atoms with Gasteiger partial charge in [0.05, 0.1) is 11.8 Å². The minimum atomic E-state index is -0.441. The van der Waals surface area contributed by atoms with E-state index in [9.17, 15) is 14.4 Å². The predicted octanol–water partition coefficient (Wildman–Crippen LogP) is 1.79. The molecule has 1 aromatic heterocycles. The van der Waals surface area contributed by atoms with Gasteiger partial charge in [-0.25, -0.2) is 0 Å². The maximum atomic E-state index is 12.1. The Morgan fingerprint density at radius 1 is 1.12 bits per heavy atom. The van der Waals surface area contributed by atoms with Crippen LogP contribution in [0.5, 0.6) is 0 Å². The minimum absolute atomic E-state index is 0.166. The third-order valence-electron chi connectivity index (χ3n) is 4.15. The highest BCUT2D eigenvalue weighted by atomic mass is 16.3. The van der Waals surface area contributed by atoms with Crippen molar-refractivity contribution in [2.45, 2.75) is 26.3 Å². The van der Waals surface area contributed by atoms with Gasteiger partial charge in [0, 0.05) is 25.1 Å². The lowest BCUT2D eigenvalue weighted by molar-refractivity contribution is -0.128. The van der Waals surface area contributed by atoms with E-state index in [0.29, 0.717) is 29.9 Å². The lowest BCUT2D eigenvalue weighted by Gasteiger charge is -2.15. The Kier molecular flexibility index (Phi) is 4.83. The van der Waals surface area contributed by atoms with Crippen LogP contribution in [0, 0.1) is 6.92 Å². The summed E-state index contributed by atoms with van der Waals surface area (Å²) in [6.45, 7) is 3.00. The van der Waals surface area contributed by atoms with Crippen LogP contribution in [0.2, 0.25) is 0 Å². The summed E-state index contributed by atoms with van der Waals surface area (Å²) >= 11 is 0. The van der Waals surface area contributed by atoms with Crippen LogP contribution >= 0.6 is 0 Å². The molecule has 25 heavy (non-hydrogen) atoms. The Morgan fingerprint density at radius 3 is 2.44 bits per heavy atom. The van der Waals surface area contributed by atoms with Gasteiger partial charge in [-0.15, -0.1) is 0 Å². The fourth-order valence-electron chi connectivity index (χ4n) is 2.73. The zero-order valence-electron chi connectivity index (χ0n) is 13.9. The number of furan rings is 1. The van der Waals surface area contributed by atoms with Gasteiger partial charge in [0.15, 0.2) is 0 Å². The first kappa shape index (κ1) is 16.8. The van der Waals surface area contributed by atoms with E-state index in [-0.39, 0.29) is 5.91 Å². The first-order valence-electron chi connectivity index (χ1n) is 8.06. The van der Waals surface area contributed by atoms with Crippen LogP contribution < -0.4 is 10.9 Å². The molecule has 0 unspecified atom stereocenters. The predicted molar refractivity (Wildman–Crippen MR) is 89.5 cm³/mol. The first-order valence-corrected chi connectivity index (χ1v) is 8.06. The fraction of sp³-hybridized carbons (Fsp3) is 0.278. The smallest absolute Gasteiger partial charge is 0.273 e. The van der Waals surface area contributed by atoms with Crippen molar-refractivity contribution in [3.63, 3.8) is 0 Å². The lowest BCUT2D eigenvalue weighted by atomic mass is 10.1. The molecule has 7 nitrogen and oxygen atoms in total. The molecule has 0 bridgehead atoms. The molecular weight excluding hydrogens is 322 g/mol. The number of amides is 3. The Balaban J connectivity index is 1.54. The molecule has 130 valence electrons. The van der Waals surface area contributed by atoms with Crippen LogP contribution in [0.25, 0.3) is 0 Å². The van der Waals surface area contributed by atoms with Gasteiger partial charge in [0.25, 0.3) is 11.8 Å². The van der Waals surface area contributed by atoms with E-state index >= 15 is 0 Å². The quantitative estimate of drug-likeness (QED) is 0.829. The molecule has 0 saturated carbocycles. The van der Waals surface area contributed by atoms with E-state index in [4.69, 9.17) is 4.42 Å². The summed E-state index contributed by atoms with van der Waals surface area (Å²) in [5.41, 5.74) is 6.47. The van der Waals surface area contributed by atoms with Gasteiger partial charge >= 0.3 is 0 Å². The van der Waals surface area contributed by atoms with Crippen LogP contribution in [0.1, 0.15) is 44.9 Å². The van der Waals surface area contributed by atoms with Crippen LogP contribution in [0.15, 0.2) is 41.0 Å². The third kappa shape index (κ3) is 3.88. The standard InChI is InChI=1S/C18H19N3O4/c1-12-15(8-10-25-12)18(24)20-19-17(23)14-6-4-13(5-7-14)11-21-9-2-3-16(21)22/h4-8,10H,2-3,9,11H2,1H3,(H,19,23)(H,20,24). The van der Waals surface area contributed by atoms with Crippen LogP contribution in [0.3, 0.4) is 0 Å². The lowest BCUT2D eigenvalue weighted by Crippen LogP contribution is -2.41. The number of carbonyl (C=O) groups is 3. The zero-order valence-corrected chi connectivity index (χ0v) is 13.9. The van der Waals surface area contributed by atoms with Gasteiger partial charge in [-0.1, -0.05) is 12.1 Å². The molecule has 7 heteroatoms. The summed E-state index contributed by atoms with van der Waals surface area (Å²) in [6, 6.07) is 8.48. The van der Waals surface area contributed by atoms with Crippen LogP contribution in [-0.4, -0.2) is 29.2 Å². The number of nitrogens with one attached hydrogen (secondary N) is 2. The van der Waals surface area contributed by atoms with Gasteiger partial charge in [0.1, 0.15) is 5.76 Å². The second kappa shape index (κ2) is 7.21. The summed E-state index contributed by atoms with van der Waals surface area (Å²) in [5.74, 6) is -0.214. The number of rotatable bonds is 4. The van der Waals surface area contributed by atoms with Crippen molar-refractivity contribution in [2.24, 2.45) is 0 Å². The molecule has 2 aromatic rings. The first-order chi connectivity index (χ1) is 12.0. The largest absolute Gasteiger partial charge is 0.469 e. The van der Waals surface area contributed by atoms with E-state index in [2.05, 4.69) is 10.9 Å². The number of carbonyl (C=O) groups excluding carboxylic acids is 3. The highest BCUT2D eigenvalue weighted by Crippen LogP contribution is 2.14. The molecule has 2 N–H and O–H groups in total. The average molecular weight is 341 g/mol. The van der Waals surface area contributed by atoms with E-state index in [0.717, 1.165) is 18.5 Å². The van der Waals surface area contributed by atoms with Crippen molar-refractivity contribution in [1.29, 1.82) is 0 Å². The Labute approximate surface area is 145 Å². The second-order valence-electron chi connectivity index (χ2n) is 5.91. The molecule has 1 saturated heterocycles. The molecule has 0 radical (unpaired) electrons. The van der Waals surface area contributed by atoms with Crippen molar-refractivity contribution in [2.75, 3.05) is 6.54 Å². The third-order valence-corrected chi connectivity index (χ3v) is 4.15.